The molecule has 1 aliphatic rings. The Bertz CT molecular complexity index is 5460. The molecule has 1 fully saturated rings. The fraction of sp³-hybridized carbons (Fsp3) is 0.341. The number of fused-ring (bicyclic) bond motifs is 4. The van der Waals surface area contributed by atoms with Gasteiger partial charge in [0.2, 0.25) is 5.88 Å². The maximum absolute atomic E-state index is 13.0. The largest absolute Gasteiger partial charge is 0.534 e. The number of halogens is 7. The van der Waals surface area contributed by atoms with E-state index in [1.165, 1.54) is 12.1 Å². The van der Waals surface area contributed by atoms with Crippen LogP contribution < -0.4 is 50.7 Å². The van der Waals surface area contributed by atoms with Gasteiger partial charge in [-0.25, -0.2) is 67.0 Å². The van der Waals surface area contributed by atoms with E-state index < -0.39 is 114 Å². The van der Waals surface area contributed by atoms with E-state index in [2.05, 4.69) is 54.7 Å². The molecule has 4 atom stereocenters. The highest BCUT2D eigenvalue weighted by Crippen LogP contribution is 2.37. The Morgan fingerprint density at radius 1 is 0.455 bits per heavy atom. The summed E-state index contributed by atoms with van der Waals surface area (Å²) in [5.74, 6) is 2.95. The quantitative estimate of drug-likeness (QED) is 0.0162. The van der Waals surface area contributed by atoms with Gasteiger partial charge in [-0.2, -0.15) is 21.6 Å². The van der Waals surface area contributed by atoms with Crippen LogP contribution in [0.4, 0.5) is 63.6 Å². The van der Waals surface area contributed by atoms with Crippen molar-refractivity contribution in [2.75, 3.05) is 55.4 Å². The Morgan fingerprint density at radius 3 is 1.08 bits per heavy atom. The van der Waals surface area contributed by atoms with Gasteiger partial charge in [-0.15, -0.1) is 0 Å². The second-order valence-corrected chi connectivity index (χ2v) is 32.4. The first-order chi connectivity index (χ1) is 58.2. The fourth-order valence-electron chi connectivity index (χ4n) is 11.1. The van der Waals surface area contributed by atoms with Crippen LogP contribution in [0.1, 0.15) is 109 Å². The first-order valence-corrected chi connectivity index (χ1v) is 40.5. The van der Waals surface area contributed by atoms with Crippen molar-refractivity contribution in [1.82, 2.24) is 39.9 Å². The zero-order chi connectivity index (χ0) is 89.6. The van der Waals surface area contributed by atoms with E-state index >= 15 is 0 Å². The summed E-state index contributed by atoms with van der Waals surface area (Å²) in [5, 5.41) is 17.6. The molecule has 9 heterocycles. The van der Waals surface area contributed by atoms with E-state index in [9.17, 15) is 48.7 Å². The summed E-state index contributed by atoms with van der Waals surface area (Å²) >= 11 is 0. The summed E-state index contributed by atoms with van der Waals surface area (Å²) in [5.41, 5.74) is 11.8. The number of nitrogens with one attached hydrogen (secondary N) is 2. The van der Waals surface area contributed by atoms with E-state index in [-0.39, 0.29) is 17.9 Å². The number of nitrogens with zero attached hydrogens (tertiary/aromatic N) is 8. The number of amides is 2. The molecule has 13 rings (SSSR count). The van der Waals surface area contributed by atoms with Crippen molar-refractivity contribution >= 4 is 102 Å². The number of carbonyl (C=O) groups is 2. The van der Waals surface area contributed by atoms with Gasteiger partial charge in [0.05, 0.1) is 57.0 Å². The fourth-order valence-corrected chi connectivity index (χ4v) is 11.5. The molecule has 8 aromatic heterocycles. The lowest BCUT2D eigenvalue weighted by molar-refractivity contribution is -0.0501. The van der Waals surface area contributed by atoms with Crippen molar-refractivity contribution in [2.24, 2.45) is 0 Å². The molecule has 0 bridgehead atoms. The average molecular weight is 1720 g/mol. The highest BCUT2D eigenvalue weighted by atomic mass is 32.2. The molecular formula is C88H98BF7N12O14S. The van der Waals surface area contributed by atoms with Gasteiger partial charge in [0.1, 0.15) is 109 Å². The van der Waals surface area contributed by atoms with E-state index in [0.717, 1.165) is 72.5 Å². The van der Waals surface area contributed by atoms with E-state index in [1.54, 1.807) is 122 Å². The van der Waals surface area contributed by atoms with Gasteiger partial charge in [-0.05, 0) is 204 Å². The zero-order valence-corrected chi connectivity index (χ0v) is 70.9. The maximum atomic E-state index is 13.0. The molecule has 4 aromatic carbocycles. The standard InChI is InChI=1S/C23H26FN3O3.C18H18FN3O.C17H16FN3O2.C16H25BN2O4.C14H13F4NO4S/c1-5-17(13-24)29-18-9-6-15-7-10-19(26-20(15)12-18)16-8-11-21(25-14-16)27-22(28)30-23(2,3)4;1-2-14(10-19)23-15-6-3-12-4-7-16(22-17(12)9-15)13-5-8-18(20)21-11-13;18-8-14(10-22)23-13-4-1-11-2-5-15(21-16(11)7-13)12-3-6-17(19)20-9-12;1-14(2,3)21-13(20)19-12-9-8-11(10-18-12)17-22-15(4,5)16(6,7)23-17;1-2-10(8-15)22-11-5-3-9-4-6-13(19-12(9)7-11)23-24(20,21)14(16,17)18/h6-12,14,17H,5,13H2,1-4H3,(H,25,27,28);3-9,11,14H,2,10H2,1H3,(H2,20,21);1-7,9,14,22H,8,10H2,(H2,19,20);8-10H,1-7H3,(H,18,19,20);3-7,10H,2,8H2,1H3. The van der Waals surface area contributed by atoms with E-state index in [1.807, 2.05) is 145 Å². The van der Waals surface area contributed by atoms with E-state index in [4.69, 9.17) is 54.3 Å². The van der Waals surface area contributed by atoms with Crippen LogP contribution in [0.5, 0.6) is 28.9 Å². The van der Waals surface area contributed by atoms with Crippen LogP contribution in [-0.2, 0) is 28.9 Å². The number of aliphatic hydroxyl groups is 1. The van der Waals surface area contributed by atoms with Crippen LogP contribution in [0, 0.1) is 0 Å². The van der Waals surface area contributed by atoms with Gasteiger partial charge < -0.3 is 58.5 Å². The normalized spacial score (nSPS) is 13.9. The molecule has 12 aromatic rings. The number of nitrogens with two attached hydrogens (primary N) is 2. The highest BCUT2D eigenvalue weighted by Gasteiger charge is 2.52. The van der Waals surface area contributed by atoms with Crippen LogP contribution in [0.3, 0.4) is 0 Å². The van der Waals surface area contributed by atoms with Crippen molar-refractivity contribution < 1.29 is 95.8 Å². The molecule has 7 N–H and O–H groups in total. The first kappa shape index (κ1) is 94.5. The second-order valence-electron chi connectivity index (χ2n) is 30.8. The second kappa shape index (κ2) is 42.0. The number of nitrogen functional groups attached to an aromatic ring is 2. The van der Waals surface area contributed by atoms with Crippen molar-refractivity contribution in [2.45, 2.75) is 162 Å². The molecule has 0 spiro atoms. The first-order valence-electron chi connectivity index (χ1n) is 39.1. The number of pyridine rings is 8. The summed E-state index contributed by atoms with van der Waals surface area (Å²) in [6.45, 7) is 21.5. The van der Waals surface area contributed by atoms with Gasteiger partial charge in [-0.1, -0.05) is 45.0 Å². The monoisotopic (exact) mass is 1720 g/mol. The Balaban J connectivity index is 0.000000175. The van der Waals surface area contributed by atoms with Crippen LogP contribution in [0.15, 0.2) is 195 Å². The molecule has 1 aliphatic heterocycles. The Kier molecular flexibility index (Phi) is 32.2. The lowest BCUT2D eigenvalue weighted by atomic mass is 9.80. The average Bonchev–Trinajstić information content (AvgIpc) is 1.64. The third kappa shape index (κ3) is 27.6. The van der Waals surface area contributed by atoms with Crippen LogP contribution in [-0.4, -0.2) is 158 Å². The van der Waals surface area contributed by atoms with Crippen molar-refractivity contribution in [3.63, 3.8) is 0 Å². The number of benzene rings is 4. The summed E-state index contributed by atoms with van der Waals surface area (Å²) in [6, 6.07) is 49.1. The predicted octanol–water partition coefficient (Wildman–Crippen LogP) is 18.7. The molecule has 0 saturated carbocycles. The molecule has 123 heavy (non-hydrogen) atoms. The molecule has 26 nitrogen and oxygen atoms in total. The maximum Gasteiger partial charge on any atom is 0.534 e. The Morgan fingerprint density at radius 2 is 0.780 bits per heavy atom. The lowest BCUT2D eigenvalue weighted by Gasteiger charge is -2.32. The number of anilines is 4. The number of hydrogen-bond donors (Lipinski definition) is 5. The van der Waals surface area contributed by atoms with Gasteiger partial charge in [0, 0.05) is 98.8 Å². The summed E-state index contributed by atoms with van der Waals surface area (Å²) in [7, 11) is -6.27. The summed E-state index contributed by atoms with van der Waals surface area (Å²) in [4.78, 5) is 57.8. The molecule has 2 amide bonds. The number of alkyl halides is 7. The Labute approximate surface area is 708 Å². The minimum Gasteiger partial charge on any atom is -0.488 e. The predicted molar refractivity (Wildman–Crippen MR) is 460 cm³/mol. The zero-order valence-electron chi connectivity index (χ0n) is 70.1. The van der Waals surface area contributed by atoms with Crippen LogP contribution >= 0.6 is 0 Å². The third-order valence-corrected chi connectivity index (χ3v) is 19.3. The molecule has 4 unspecified atom stereocenters. The van der Waals surface area contributed by atoms with E-state index in [0.29, 0.717) is 70.7 Å². The number of ether oxygens (including phenoxy) is 6. The molecule has 0 aliphatic carbocycles. The smallest absolute Gasteiger partial charge is 0.488 e. The number of rotatable bonds is 24. The SMILES string of the molecule is CC(C)(C)OC(=O)Nc1ccc(B2OC(C)(C)C(C)(C)O2)cn1.CCC(CF)Oc1ccc2ccc(-c3ccc(N)nc3)nc2c1.CCC(CF)Oc1ccc2ccc(-c3ccc(NC(=O)OC(C)(C)C)nc3)nc2c1.CCC(CF)Oc1ccc2ccc(OS(=O)(=O)C(F)(F)F)nc2c1.Nc1ccc(-c2ccc3ccc(OC(CO)CF)cc3n2)cn1. The number of carbonyl (C=O) groups excluding carboxylic acids is 2. The van der Waals surface area contributed by atoms with Gasteiger partial charge >= 0.3 is 34.9 Å². The molecule has 652 valence electrons. The Hall–Kier alpha value is -12.3. The van der Waals surface area contributed by atoms with Crippen molar-refractivity contribution in [3.8, 4) is 62.7 Å². The van der Waals surface area contributed by atoms with Gasteiger partial charge in [-0.3, -0.25) is 10.6 Å². The minimum absolute atomic E-state index is 0.149. The molecule has 1 saturated heterocycles. The topological polar surface area (TPSA) is 351 Å². The summed E-state index contributed by atoms with van der Waals surface area (Å²) < 4.78 is 158. The van der Waals surface area contributed by atoms with Crippen LogP contribution in [0.25, 0.3) is 77.4 Å². The van der Waals surface area contributed by atoms with Gasteiger partial charge in [0.15, 0.2) is 0 Å². The molecule has 0 radical (unpaired) electrons. The third-order valence-electron chi connectivity index (χ3n) is 18.4. The molecular weight excluding hydrogens is 1620 g/mol. The van der Waals surface area contributed by atoms with Crippen LogP contribution in [0.2, 0.25) is 0 Å². The molecule has 35 heteroatoms. The van der Waals surface area contributed by atoms with Gasteiger partial charge in [0.25, 0.3) is 0 Å². The van der Waals surface area contributed by atoms with Crippen molar-refractivity contribution in [3.05, 3.63) is 195 Å². The number of hydrogen-bond acceptors (Lipinski definition) is 24. The summed E-state index contributed by atoms with van der Waals surface area (Å²) in [6.07, 6.45) is 4.78. The lowest BCUT2D eigenvalue weighted by Crippen LogP contribution is -2.41. The number of aromatic nitrogens is 8. The number of aliphatic hydroxyl groups excluding tert-OH is 1. The minimum atomic E-state index is -5.80. The van der Waals surface area contributed by atoms with Crippen molar-refractivity contribution in [1.29, 1.82) is 0 Å². The highest BCUT2D eigenvalue weighted by molar-refractivity contribution is 7.88.